The number of piperidine rings is 2. The highest BCUT2D eigenvalue weighted by Gasteiger charge is 2.34. The zero-order valence-corrected chi connectivity index (χ0v) is 27.1. The molecule has 4 heterocycles. The third kappa shape index (κ3) is 8.22. The largest absolute Gasteiger partial charge is 0.416 e. The van der Waals surface area contributed by atoms with E-state index in [-0.39, 0.29) is 24.2 Å². The molecule has 2 atom stereocenters. The number of sulfonamides is 1. The Labute approximate surface area is 264 Å². The van der Waals surface area contributed by atoms with Crippen LogP contribution in [0.1, 0.15) is 90.3 Å². The summed E-state index contributed by atoms with van der Waals surface area (Å²) in [6, 6.07) is 5.80. The zero-order valence-electron chi connectivity index (χ0n) is 26.3. The smallest absolute Gasteiger partial charge is 0.370 e. The summed E-state index contributed by atoms with van der Waals surface area (Å²) in [6.07, 6.45) is 4.77. The molecule has 3 fully saturated rings. The first kappa shape index (κ1) is 33.7. The number of carbonyl (C=O) groups excluding carboxylic acids is 1. The molecule has 0 spiro atoms. The van der Waals surface area contributed by atoms with Gasteiger partial charge in [0.05, 0.1) is 24.0 Å². The highest BCUT2D eigenvalue weighted by Crippen LogP contribution is 2.36. The lowest BCUT2D eigenvalue weighted by Crippen LogP contribution is -2.52. The molecule has 3 aliphatic heterocycles. The van der Waals surface area contributed by atoms with E-state index in [0.717, 1.165) is 68.9 Å². The van der Waals surface area contributed by atoms with Crippen LogP contribution < -0.4 is 0 Å². The molecular weight excluding hydrogens is 607 g/mol. The van der Waals surface area contributed by atoms with Crippen LogP contribution in [-0.2, 0) is 27.4 Å². The van der Waals surface area contributed by atoms with E-state index in [9.17, 15) is 26.4 Å². The van der Waals surface area contributed by atoms with Crippen molar-refractivity contribution >= 4 is 15.9 Å². The first-order valence-corrected chi connectivity index (χ1v) is 17.8. The quantitative estimate of drug-likeness (QED) is 0.396. The minimum Gasteiger partial charge on any atom is -0.370 e. The molecule has 0 aliphatic carbocycles. The Morgan fingerprint density at radius 2 is 1.76 bits per heavy atom. The van der Waals surface area contributed by atoms with Gasteiger partial charge in [-0.1, -0.05) is 12.1 Å². The molecule has 0 N–H and O–H groups in total. The second kappa shape index (κ2) is 14.0. The molecule has 5 rings (SSSR count). The normalized spacial score (nSPS) is 23.0. The Morgan fingerprint density at radius 3 is 2.42 bits per heavy atom. The Kier molecular flexibility index (Phi) is 10.5. The van der Waals surface area contributed by atoms with Crippen molar-refractivity contribution in [3.05, 3.63) is 58.7 Å². The van der Waals surface area contributed by atoms with Gasteiger partial charge < -0.3 is 14.5 Å². The third-order valence-corrected chi connectivity index (χ3v) is 11.2. The molecule has 45 heavy (non-hydrogen) atoms. The van der Waals surface area contributed by atoms with Crippen LogP contribution >= 0.6 is 0 Å². The molecule has 0 unspecified atom stereocenters. The highest BCUT2D eigenvalue weighted by atomic mass is 32.2. The van der Waals surface area contributed by atoms with E-state index in [1.807, 2.05) is 11.8 Å². The second-order valence-corrected chi connectivity index (χ2v) is 14.7. The highest BCUT2D eigenvalue weighted by molar-refractivity contribution is 7.88. The molecule has 1 aromatic heterocycles. The fourth-order valence-electron chi connectivity index (χ4n) is 6.99. The standard InChI is InChI=1S/C32H44F3N5O4S/c1-22-28(11-10-27-8-5-9-29(44-27)23-6-4-7-24(20-23)32(33,34)35)36-21-37-30(22)31(41)40-18-14-26(15-19-40)39-16-12-25(13-17-39)38(2)45(3,42)43/h4,6-7,20-21,25-27,29H,5,8-19H2,1-3H3/t27-,29+/m1/s1. The molecule has 0 radical (unpaired) electrons. The van der Waals surface area contributed by atoms with E-state index in [1.54, 1.807) is 13.1 Å². The second-order valence-electron chi connectivity index (χ2n) is 12.7. The van der Waals surface area contributed by atoms with Crippen molar-refractivity contribution in [1.29, 1.82) is 0 Å². The van der Waals surface area contributed by atoms with E-state index in [4.69, 9.17) is 4.74 Å². The maximum atomic E-state index is 13.5. The number of hydrogen-bond donors (Lipinski definition) is 0. The predicted octanol–water partition coefficient (Wildman–Crippen LogP) is 5.01. The number of hydrogen-bond acceptors (Lipinski definition) is 7. The lowest BCUT2D eigenvalue weighted by atomic mass is 9.94. The average molecular weight is 652 g/mol. The van der Waals surface area contributed by atoms with Crippen molar-refractivity contribution in [3.8, 4) is 0 Å². The average Bonchev–Trinajstić information content (AvgIpc) is 3.03. The lowest BCUT2D eigenvalue weighted by molar-refractivity contribution is -0.137. The van der Waals surface area contributed by atoms with Gasteiger partial charge in [0.2, 0.25) is 10.0 Å². The van der Waals surface area contributed by atoms with Gasteiger partial charge in [0.15, 0.2) is 0 Å². The summed E-state index contributed by atoms with van der Waals surface area (Å²) in [7, 11) is -1.54. The number of carbonyl (C=O) groups is 1. The number of likely N-dealkylation sites (tertiary alicyclic amines) is 2. The SMILES string of the molecule is Cc1c(CC[C@H]2CCC[C@@H](c3cccc(C(F)(F)F)c3)O2)ncnc1C(=O)N1CCC(N2CCC(N(C)S(C)(=O)=O)CC2)CC1. The van der Waals surface area contributed by atoms with Crippen LogP contribution in [0.25, 0.3) is 0 Å². The maximum absolute atomic E-state index is 13.5. The van der Waals surface area contributed by atoms with Gasteiger partial charge in [-0.15, -0.1) is 0 Å². The molecule has 13 heteroatoms. The van der Waals surface area contributed by atoms with Crippen molar-refractivity contribution in [2.45, 2.75) is 95.2 Å². The molecule has 3 aliphatic rings. The molecular formula is C32H44F3N5O4S. The molecule has 1 amide bonds. The van der Waals surface area contributed by atoms with E-state index in [2.05, 4.69) is 14.9 Å². The Morgan fingerprint density at radius 1 is 1.04 bits per heavy atom. The van der Waals surface area contributed by atoms with Gasteiger partial charge in [-0.3, -0.25) is 4.79 Å². The van der Waals surface area contributed by atoms with Crippen LogP contribution in [0.4, 0.5) is 13.2 Å². The zero-order chi connectivity index (χ0) is 32.4. The number of aromatic nitrogens is 2. The van der Waals surface area contributed by atoms with Crippen LogP contribution in [0.2, 0.25) is 0 Å². The summed E-state index contributed by atoms with van der Waals surface area (Å²) in [5.74, 6) is -0.0957. The van der Waals surface area contributed by atoms with Crippen LogP contribution in [0, 0.1) is 6.92 Å². The number of rotatable bonds is 8. The molecule has 0 saturated carbocycles. The Hall–Kier alpha value is -2.61. The monoisotopic (exact) mass is 651 g/mol. The van der Waals surface area contributed by atoms with Crippen molar-refractivity contribution in [2.75, 3.05) is 39.5 Å². The van der Waals surface area contributed by atoms with Crippen LogP contribution in [0.5, 0.6) is 0 Å². The molecule has 0 bridgehead atoms. The molecule has 2 aromatic rings. The van der Waals surface area contributed by atoms with Gasteiger partial charge in [0, 0.05) is 43.5 Å². The fourth-order valence-corrected chi connectivity index (χ4v) is 7.75. The summed E-state index contributed by atoms with van der Waals surface area (Å²) in [5.41, 5.74) is 1.84. The van der Waals surface area contributed by atoms with E-state index >= 15 is 0 Å². The van der Waals surface area contributed by atoms with E-state index < -0.39 is 21.8 Å². The van der Waals surface area contributed by atoms with Crippen LogP contribution in [-0.4, -0.2) is 96.1 Å². The number of benzene rings is 1. The summed E-state index contributed by atoms with van der Waals surface area (Å²) in [6.45, 7) is 4.85. The van der Waals surface area contributed by atoms with Gasteiger partial charge in [-0.2, -0.15) is 13.2 Å². The van der Waals surface area contributed by atoms with Gasteiger partial charge >= 0.3 is 6.18 Å². The van der Waals surface area contributed by atoms with Crippen molar-refractivity contribution in [2.24, 2.45) is 0 Å². The number of ether oxygens (including phenoxy) is 1. The summed E-state index contributed by atoms with van der Waals surface area (Å²) in [4.78, 5) is 26.6. The van der Waals surface area contributed by atoms with E-state index in [1.165, 1.54) is 29.0 Å². The van der Waals surface area contributed by atoms with Crippen LogP contribution in [0.3, 0.4) is 0 Å². The van der Waals surface area contributed by atoms with Gasteiger partial charge in [-0.25, -0.2) is 22.7 Å². The van der Waals surface area contributed by atoms with Crippen molar-refractivity contribution < 1.29 is 31.1 Å². The molecule has 3 saturated heterocycles. The summed E-state index contributed by atoms with van der Waals surface area (Å²) in [5, 5.41) is 0. The molecule has 248 valence electrons. The van der Waals surface area contributed by atoms with Gasteiger partial charge in [-0.05, 0) is 95.5 Å². The Bertz CT molecular complexity index is 1440. The first-order chi connectivity index (χ1) is 21.3. The summed E-state index contributed by atoms with van der Waals surface area (Å²) >= 11 is 0. The number of alkyl halides is 3. The third-order valence-electron chi connectivity index (χ3n) is 9.83. The number of nitrogens with zero attached hydrogens (tertiary/aromatic N) is 5. The number of aryl methyl sites for hydroxylation is 1. The molecule has 1 aromatic carbocycles. The van der Waals surface area contributed by atoms with Crippen LogP contribution in [0.15, 0.2) is 30.6 Å². The van der Waals surface area contributed by atoms with E-state index in [0.29, 0.717) is 49.7 Å². The van der Waals surface area contributed by atoms with Crippen molar-refractivity contribution in [3.63, 3.8) is 0 Å². The minimum absolute atomic E-state index is 0.0364. The van der Waals surface area contributed by atoms with Gasteiger partial charge in [0.25, 0.3) is 5.91 Å². The fraction of sp³-hybridized carbons (Fsp3) is 0.656. The number of amides is 1. The lowest BCUT2D eigenvalue weighted by Gasteiger charge is -2.43. The van der Waals surface area contributed by atoms with Crippen molar-refractivity contribution in [1.82, 2.24) is 24.1 Å². The minimum atomic E-state index is -4.39. The Balaban J connectivity index is 1.12. The van der Waals surface area contributed by atoms with Gasteiger partial charge in [0.1, 0.15) is 12.0 Å². The first-order valence-electron chi connectivity index (χ1n) is 15.9. The topological polar surface area (TPSA) is 95.9 Å². The summed E-state index contributed by atoms with van der Waals surface area (Å²) < 4.78 is 71.2. The maximum Gasteiger partial charge on any atom is 0.416 e. The molecule has 9 nitrogen and oxygen atoms in total. The number of halogens is 3. The predicted molar refractivity (Wildman–Crippen MR) is 164 cm³/mol.